The maximum Gasteiger partial charge on any atom is 0.312 e. The number of pyridine rings is 1. The Bertz CT molecular complexity index is 928. The van der Waals surface area contributed by atoms with E-state index in [4.69, 9.17) is 9.47 Å². The number of carbonyl (C=O) groups is 1. The monoisotopic (exact) mass is 396 g/mol. The van der Waals surface area contributed by atoms with Crippen LogP contribution in [0, 0.1) is 11.8 Å². The van der Waals surface area contributed by atoms with E-state index in [1.165, 1.54) is 0 Å². The molecule has 3 fully saturated rings. The topological polar surface area (TPSA) is 71.9 Å². The molecule has 6 heteroatoms. The second-order valence-electron chi connectivity index (χ2n) is 7.95. The molecule has 3 aliphatic rings. The van der Waals surface area contributed by atoms with Crippen molar-refractivity contribution in [2.75, 3.05) is 20.2 Å². The Labute approximate surface area is 171 Å². The van der Waals surface area contributed by atoms with E-state index in [1.807, 2.05) is 18.2 Å². The number of carbonyl (C=O) groups excluding carboxylic acids is 1. The SMILES string of the molecule is C=C[C@H]1CN2CCC1C[C@H]2[C@H](O)c1cc(OC(=O)CC)nc2ccc(OC)cc12. The third kappa shape index (κ3) is 3.74. The highest BCUT2D eigenvalue weighted by atomic mass is 16.5. The van der Waals surface area contributed by atoms with Gasteiger partial charge in [-0.15, -0.1) is 6.58 Å². The maximum absolute atomic E-state index is 11.8. The molecule has 5 atom stereocenters. The van der Waals surface area contributed by atoms with E-state index in [-0.39, 0.29) is 24.3 Å². The fourth-order valence-electron chi connectivity index (χ4n) is 4.73. The van der Waals surface area contributed by atoms with Crippen LogP contribution in [0.5, 0.6) is 11.6 Å². The predicted octanol–water partition coefficient (Wildman–Crippen LogP) is 3.49. The van der Waals surface area contributed by atoms with Gasteiger partial charge in [0.1, 0.15) is 5.75 Å². The summed E-state index contributed by atoms with van der Waals surface area (Å²) in [5.74, 6) is 1.62. The van der Waals surface area contributed by atoms with Crippen molar-refractivity contribution < 1.29 is 19.4 Å². The number of piperidine rings is 3. The molecule has 3 saturated heterocycles. The van der Waals surface area contributed by atoms with Crippen LogP contribution in [0.25, 0.3) is 10.9 Å². The van der Waals surface area contributed by atoms with E-state index in [2.05, 4.69) is 22.5 Å². The zero-order chi connectivity index (χ0) is 20.5. The van der Waals surface area contributed by atoms with E-state index in [9.17, 15) is 9.90 Å². The summed E-state index contributed by atoms with van der Waals surface area (Å²) >= 11 is 0. The number of hydrogen-bond acceptors (Lipinski definition) is 6. The number of nitrogens with zero attached hydrogens (tertiary/aromatic N) is 2. The average Bonchev–Trinajstić information content (AvgIpc) is 2.77. The molecule has 29 heavy (non-hydrogen) atoms. The molecule has 1 aromatic heterocycles. The van der Waals surface area contributed by atoms with Crippen molar-refractivity contribution in [3.05, 3.63) is 42.5 Å². The van der Waals surface area contributed by atoms with Gasteiger partial charge >= 0.3 is 5.97 Å². The number of aliphatic hydroxyl groups excluding tert-OH is 1. The quantitative estimate of drug-likeness (QED) is 0.595. The van der Waals surface area contributed by atoms with Gasteiger partial charge in [-0.3, -0.25) is 9.69 Å². The Kier molecular flexibility index (Phi) is 5.56. The third-order valence-electron chi connectivity index (χ3n) is 6.37. The number of aromatic nitrogens is 1. The molecule has 3 aliphatic heterocycles. The summed E-state index contributed by atoms with van der Waals surface area (Å²) in [4.78, 5) is 18.6. The molecular formula is C23H28N2O4. The standard InChI is InChI=1S/C23H28N2O4/c1-4-14-13-25-9-8-15(14)10-20(25)23(27)18-12-21(29-22(26)5-2)24-19-7-6-16(28-3)11-17(18)19/h4,6-7,11-12,14-15,20,23,27H,1,5,8-10,13H2,2-3H3/t14-,15?,20-,23+/m0/s1. The summed E-state index contributed by atoms with van der Waals surface area (Å²) in [6, 6.07) is 7.26. The zero-order valence-corrected chi connectivity index (χ0v) is 17.0. The number of hydrogen-bond donors (Lipinski definition) is 1. The second kappa shape index (κ2) is 8.13. The summed E-state index contributed by atoms with van der Waals surface area (Å²) in [7, 11) is 1.61. The minimum atomic E-state index is -0.708. The molecule has 0 radical (unpaired) electrons. The number of methoxy groups -OCH3 is 1. The lowest BCUT2D eigenvalue weighted by atomic mass is 9.73. The fraction of sp³-hybridized carbons (Fsp3) is 0.478. The largest absolute Gasteiger partial charge is 0.497 e. The van der Waals surface area contributed by atoms with E-state index in [0.29, 0.717) is 23.1 Å². The highest BCUT2D eigenvalue weighted by Crippen LogP contribution is 2.42. The minimum Gasteiger partial charge on any atom is -0.497 e. The van der Waals surface area contributed by atoms with Crippen LogP contribution in [0.3, 0.4) is 0 Å². The number of fused-ring (bicyclic) bond motifs is 4. The smallest absolute Gasteiger partial charge is 0.312 e. The first-order valence-electron chi connectivity index (χ1n) is 10.3. The van der Waals surface area contributed by atoms with Gasteiger partial charge in [0.2, 0.25) is 5.88 Å². The number of aliphatic hydroxyl groups is 1. The van der Waals surface area contributed by atoms with Crippen LogP contribution in [-0.2, 0) is 4.79 Å². The van der Waals surface area contributed by atoms with Crippen LogP contribution in [-0.4, -0.2) is 47.2 Å². The van der Waals surface area contributed by atoms with E-state index >= 15 is 0 Å². The van der Waals surface area contributed by atoms with Crippen LogP contribution in [0.15, 0.2) is 36.9 Å². The van der Waals surface area contributed by atoms with Crippen molar-refractivity contribution in [1.82, 2.24) is 9.88 Å². The van der Waals surface area contributed by atoms with Gasteiger partial charge in [0.05, 0.1) is 18.7 Å². The van der Waals surface area contributed by atoms with E-state index < -0.39 is 6.10 Å². The Hall–Kier alpha value is -2.44. The summed E-state index contributed by atoms with van der Waals surface area (Å²) in [6.45, 7) is 7.64. The van der Waals surface area contributed by atoms with E-state index in [0.717, 1.165) is 36.9 Å². The van der Waals surface area contributed by atoms with Gasteiger partial charge in [-0.1, -0.05) is 13.0 Å². The van der Waals surface area contributed by atoms with Gasteiger partial charge in [-0.2, -0.15) is 0 Å². The molecule has 5 rings (SSSR count). The zero-order valence-electron chi connectivity index (χ0n) is 17.0. The van der Waals surface area contributed by atoms with Crippen molar-refractivity contribution in [1.29, 1.82) is 0 Å². The van der Waals surface area contributed by atoms with Crippen molar-refractivity contribution in [3.63, 3.8) is 0 Å². The van der Waals surface area contributed by atoms with Gasteiger partial charge in [0, 0.05) is 30.5 Å². The molecule has 1 aromatic carbocycles. The lowest BCUT2D eigenvalue weighted by Gasteiger charge is -2.50. The van der Waals surface area contributed by atoms with Crippen LogP contribution in [0.2, 0.25) is 0 Å². The summed E-state index contributed by atoms with van der Waals surface area (Å²) in [6.07, 6.45) is 3.68. The summed E-state index contributed by atoms with van der Waals surface area (Å²) in [5, 5.41) is 12.2. The number of ether oxygens (including phenoxy) is 2. The van der Waals surface area contributed by atoms with Gasteiger partial charge in [0.15, 0.2) is 0 Å². The molecule has 6 nitrogen and oxygen atoms in total. The number of esters is 1. The van der Waals surface area contributed by atoms with Gasteiger partial charge in [-0.05, 0) is 55.0 Å². The molecule has 2 bridgehead atoms. The molecule has 0 spiro atoms. The lowest BCUT2D eigenvalue weighted by Crippen LogP contribution is -2.54. The first-order chi connectivity index (χ1) is 14.0. The van der Waals surface area contributed by atoms with Crippen molar-refractivity contribution in [3.8, 4) is 11.6 Å². The molecule has 0 aliphatic carbocycles. The van der Waals surface area contributed by atoms with Gasteiger partial charge in [0.25, 0.3) is 0 Å². The van der Waals surface area contributed by atoms with Crippen LogP contribution >= 0.6 is 0 Å². The molecular weight excluding hydrogens is 368 g/mol. The van der Waals surface area contributed by atoms with E-state index in [1.54, 1.807) is 20.1 Å². The highest BCUT2D eigenvalue weighted by Gasteiger charge is 2.42. The molecule has 2 unspecified atom stereocenters. The van der Waals surface area contributed by atoms with Gasteiger partial charge in [-0.25, -0.2) is 4.98 Å². The molecule has 0 saturated carbocycles. The third-order valence-corrected chi connectivity index (χ3v) is 6.37. The first-order valence-corrected chi connectivity index (χ1v) is 10.3. The summed E-state index contributed by atoms with van der Waals surface area (Å²) in [5.41, 5.74) is 1.39. The Balaban J connectivity index is 1.74. The fourth-order valence-corrected chi connectivity index (χ4v) is 4.73. The van der Waals surface area contributed by atoms with Crippen LogP contribution in [0.1, 0.15) is 37.9 Å². The first kappa shape index (κ1) is 19.9. The minimum absolute atomic E-state index is 0.0245. The lowest BCUT2D eigenvalue weighted by molar-refractivity contribution is -0.134. The molecule has 4 heterocycles. The molecule has 1 N–H and O–H groups in total. The number of benzene rings is 1. The number of rotatable bonds is 6. The Morgan fingerprint density at radius 3 is 2.93 bits per heavy atom. The summed E-state index contributed by atoms with van der Waals surface area (Å²) < 4.78 is 10.8. The van der Waals surface area contributed by atoms with Crippen molar-refractivity contribution >= 4 is 16.9 Å². The second-order valence-corrected chi connectivity index (χ2v) is 7.95. The molecule has 2 aromatic rings. The predicted molar refractivity (Wildman–Crippen MR) is 111 cm³/mol. The average molecular weight is 396 g/mol. The maximum atomic E-state index is 11.8. The molecule has 154 valence electrons. The van der Waals surface area contributed by atoms with Crippen LogP contribution in [0.4, 0.5) is 0 Å². The molecule has 0 amide bonds. The normalized spacial score (nSPS) is 26.9. The van der Waals surface area contributed by atoms with Gasteiger partial charge < -0.3 is 14.6 Å². The Morgan fingerprint density at radius 1 is 1.45 bits per heavy atom. The van der Waals surface area contributed by atoms with Crippen LogP contribution < -0.4 is 9.47 Å². The van der Waals surface area contributed by atoms with Crippen molar-refractivity contribution in [2.45, 2.75) is 38.3 Å². The van der Waals surface area contributed by atoms with Crippen molar-refractivity contribution in [2.24, 2.45) is 11.8 Å². The highest BCUT2D eigenvalue weighted by molar-refractivity contribution is 5.85. The Morgan fingerprint density at radius 2 is 2.28 bits per heavy atom.